The van der Waals surface area contributed by atoms with E-state index in [2.05, 4.69) is 9.74 Å². The highest BCUT2D eigenvalue weighted by Gasteiger charge is 2.22. The standard InChI is InChI=1S/C8H17N3O2/c1-11(7-3-2-4-7)6-5-8(12)13-10-9/h7,10H,2-6,9H2,1H3. The Balaban J connectivity index is 2.06. The second-order valence-electron chi connectivity index (χ2n) is 3.41. The fourth-order valence-electron chi connectivity index (χ4n) is 1.39. The fraction of sp³-hybridized carbons (Fsp3) is 0.875. The molecule has 1 rings (SSSR count). The van der Waals surface area contributed by atoms with Gasteiger partial charge in [-0.15, -0.1) is 0 Å². The largest absolute Gasteiger partial charge is 0.356 e. The smallest absolute Gasteiger partial charge is 0.327 e. The summed E-state index contributed by atoms with van der Waals surface area (Å²) in [6.45, 7) is 0.741. The molecule has 0 aromatic carbocycles. The lowest BCUT2D eigenvalue weighted by Crippen LogP contribution is -2.38. The molecule has 3 N–H and O–H groups in total. The first kappa shape index (κ1) is 10.4. The Morgan fingerprint density at radius 1 is 1.69 bits per heavy atom. The topological polar surface area (TPSA) is 67.6 Å². The van der Waals surface area contributed by atoms with Crippen molar-refractivity contribution in [3.8, 4) is 0 Å². The third-order valence-corrected chi connectivity index (χ3v) is 2.54. The van der Waals surface area contributed by atoms with E-state index in [4.69, 9.17) is 5.84 Å². The molecular formula is C8H17N3O2. The van der Waals surface area contributed by atoms with Crippen LogP contribution in [-0.4, -0.2) is 30.5 Å². The third-order valence-electron chi connectivity index (χ3n) is 2.54. The summed E-state index contributed by atoms with van der Waals surface area (Å²) in [5, 5.41) is 0. The molecule has 5 heteroatoms. The van der Waals surface area contributed by atoms with E-state index in [-0.39, 0.29) is 5.97 Å². The van der Waals surface area contributed by atoms with Gasteiger partial charge in [-0.1, -0.05) is 12.0 Å². The number of hydrogen-bond acceptors (Lipinski definition) is 5. The van der Waals surface area contributed by atoms with Crippen LogP contribution in [0.2, 0.25) is 0 Å². The van der Waals surface area contributed by atoms with Gasteiger partial charge in [0.15, 0.2) is 0 Å². The first-order valence-corrected chi connectivity index (χ1v) is 4.59. The summed E-state index contributed by atoms with van der Waals surface area (Å²) in [6, 6.07) is 0.665. The van der Waals surface area contributed by atoms with Crippen molar-refractivity contribution < 1.29 is 9.63 Å². The highest BCUT2D eigenvalue weighted by atomic mass is 16.7. The Bertz CT molecular complexity index is 171. The number of carbonyl (C=O) groups is 1. The second kappa shape index (κ2) is 5.16. The highest BCUT2D eigenvalue weighted by Crippen LogP contribution is 2.23. The molecule has 0 heterocycles. The van der Waals surface area contributed by atoms with Crippen LogP contribution in [0.1, 0.15) is 25.7 Å². The number of hydrazine groups is 1. The van der Waals surface area contributed by atoms with Gasteiger partial charge in [0.05, 0.1) is 6.42 Å². The summed E-state index contributed by atoms with van der Waals surface area (Å²) in [4.78, 5) is 17.5. The second-order valence-corrected chi connectivity index (χ2v) is 3.41. The van der Waals surface area contributed by atoms with E-state index in [1.54, 1.807) is 0 Å². The van der Waals surface area contributed by atoms with Crippen molar-refractivity contribution in [2.45, 2.75) is 31.7 Å². The van der Waals surface area contributed by atoms with Crippen molar-refractivity contribution in [3.63, 3.8) is 0 Å². The average molecular weight is 187 g/mol. The van der Waals surface area contributed by atoms with Crippen LogP contribution in [0.15, 0.2) is 0 Å². The van der Waals surface area contributed by atoms with Crippen molar-refractivity contribution in [1.82, 2.24) is 10.5 Å². The first-order valence-electron chi connectivity index (χ1n) is 4.59. The van der Waals surface area contributed by atoms with Crippen LogP contribution in [0.25, 0.3) is 0 Å². The van der Waals surface area contributed by atoms with Crippen molar-refractivity contribution in [1.29, 1.82) is 0 Å². The molecule has 0 bridgehead atoms. The van der Waals surface area contributed by atoms with Crippen LogP contribution in [0.5, 0.6) is 0 Å². The molecule has 0 aromatic rings. The molecule has 0 spiro atoms. The molecule has 0 radical (unpaired) electrons. The lowest BCUT2D eigenvalue weighted by Gasteiger charge is -2.34. The zero-order chi connectivity index (χ0) is 9.68. The van der Waals surface area contributed by atoms with Crippen LogP contribution in [0.4, 0.5) is 0 Å². The molecule has 5 nitrogen and oxygen atoms in total. The number of nitrogens with two attached hydrogens (primary N) is 1. The molecule has 0 saturated heterocycles. The van der Waals surface area contributed by atoms with E-state index in [1.165, 1.54) is 19.3 Å². The summed E-state index contributed by atoms with van der Waals surface area (Å²) >= 11 is 0. The Morgan fingerprint density at radius 2 is 2.38 bits per heavy atom. The number of carbonyl (C=O) groups excluding carboxylic acids is 1. The fourth-order valence-corrected chi connectivity index (χ4v) is 1.39. The Kier molecular flexibility index (Phi) is 4.14. The molecule has 76 valence electrons. The van der Waals surface area contributed by atoms with E-state index in [0.29, 0.717) is 12.5 Å². The molecule has 1 fully saturated rings. The third kappa shape index (κ3) is 3.30. The van der Waals surface area contributed by atoms with Gasteiger partial charge in [0.2, 0.25) is 0 Å². The molecule has 0 aliphatic heterocycles. The van der Waals surface area contributed by atoms with E-state index in [0.717, 1.165) is 6.54 Å². The highest BCUT2D eigenvalue weighted by molar-refractivity contribution is 5.69. The molecule has 1 aliphatic carbocycles. The number of hydrogen-bond donors (Lipinski definition) is 2. The monoisotopic (exact) mass is 187 g/mol. The van der Waals surface area contributed by atoms with Crippen LogP contribution in [0.3, 0.4) is 0 Å². The Hall–Kier alpha value is -0.650. The van der Waals surface area contributed by atoms with Gasteiger partial charge in [-0.05, 0) is 19.9 Å². The Morgan fingerprint density at radius 3 is 2.85 bits per heavy atom. The van der Waals surface area contributed by atoms with Crippen LogP contribution >= 0.6 is 0 Å². The zero-order valence-corrected chi connectivity index (χ0v) is 7.95. The average Bonchev–Trinajstić information content (AvgIpc) is 1.98. The minimum absolute atomic E-state index is 0.311. The SMILES string of the molecule is CN(CCC(=O)ONN)C1CCC1. The van der Waals surface area contributed by atoms with E-state index in [9.17, 15) is 4.79 Å². The van der Waals surface area contributed by atoms with E-state index in [1.807, 2.05) is 12.6 Å². The molecule has 0 atom stereocenters. The minimum atomic E-state index is -0.311. The lowest BCUT2D eigenvalue weighted by atomic mass is 9.92. The van der Waals surface area contributed by atoms with E-state index < -0.39 is 0 Å². The van der Waals surface area contributed by atoms with E-state index >= 15 is 0 Å². The van der Waals surface area contributed by atoms with Gasteiger partial charge in [-0.2, -0.15) is 0 Å². The summed E-state index contributed by atoms with van der Waals surface area (Å²) in [5.41, 5.74) is 1.88. The molecule has 1 saturated carbocycles. The summed E-state index contributed by atoms with van der Waals surface area (Å²) in [7, 11) is 2.03. The van der Waals surface area contributed by atoms with Gasteiger partial charge in [-0.3, -0.25) is 4.79 Å². The summed E-state index contributed by atoms with van der Waals surface area (Å²) < 4.78 is 0. The predicted octanol–water partition coefficient (Wildman–Crippen LogP) is -0.218. The molecule has 0 amide bonds. The number of nitrogens with one attached hydrogen (secondary N) is 1. The Labute approximate surface area is 78.1 Å². The van der Waals surface area contributed by atoms with Crippen molar-refractivity contribution in [2.24, 2.45) is 5.84 Å². The van der Waals surface area contributed by atoms with Crippen molar-refractivity contribution >= 4 is 5.97 Å². The quantitative estimate of drug-likeness (QED) is 0.460. The molecule has 13 heavy (non-hydrogen) atoms. The molecule has 0 aromatic heterocycles. The van der Waals surface area contributed by atoms with Crippen LogP contribution < -0.4 is 11.4 Å². The predicted molar refractivity (Wildman–Crippen MR) is 48.3 cm³/mol. The summed E-state index contributed by atoms with van der Waals surface area (Å²) in [6.07, 6.45) is 4.20. The normalized spacial score (nSPS) is 17.2. The zero-order valence-electron chi connectivity index (χ0n) is 7.95. The minimum Gasteiger partial charge on any atom is -0.356 e. The molecular weight excluding hydrogens is 170 g/mol. The maximum atomic E-state index is 10.9. The van der Waals surface area contributed by atoms with Gasteiger partial charge in [0.25, 0.3) is 0 Å². The maximum absolute atomic E-state index is 10.9. The van der Waals surface area contributed by atoms with Crippen molar-refractivity contribution in [2.75, 3.05) is 13.6 Å². The number of rotatable bonds is 5. The van der Waals surface area contributed by atoms with Crippen LogP contribution in [0, 0.1) is 0 Å². The van der Waals surface area contributed by atoms with Gasteiger partial charge >= 0.3 is 5.97 Å². The molecule has 1 aliphatic rings. The molecule has 0 unspecified atom stereocenters. The van der Waals surface area contributed by atoms with Gasteiger partial charge in [-0.25, -0.2) is 5.84 Å². The maximum Gasteiger partial charge on any atom is 0.327 e. The summed E-state index contributed by atoms with van der Waals surface area (Å²) in [5.74, 6) is 4.51. The van der Waals surface area contributed by atoms with Crippen molar-refractivity contribution in [3.05, 3.63) is 0 Å². The van der Waals surface area contributed by atoms with Crippen LogP contribution in [-0.2, 0) is 9.63 Å². The lowest BCUT2D eigenvalue weighted by molar-refractivity contribution is -0.151. The van der Waals surface area contributed by atoms with Gasteiger partial charge in [0, 0.05) is 12.6 Å². The van der Waals surface area contributed by atoms with Gasteiger partial charge in [0.1, 0.15) is 0 Å². The first-order chi connectivity index (χ1) is 6.24. The van der Waals surface area contributed by atoms with Gasteiger partial charge < -0.3 is 9.74 Å². The number of nitrogens with zero attached hydrogens (tertiary/aromatic N) is 1.